The van der Waals surface area contributed by atoms with Crippen LogP contribution in [0.4, 0.5) is 0 Å². The minimum Gasteiger partial charge on any atom is -0.494 e. The molecule has 0 saturated carbocycles. The summed E-state index contributed by atoms with van der Waals surface area (Å²) >= 11 is 0. The lowest BCUT2D eigenvalue weighted by atomic mass is 10.1. The molecule has 4 heteroatoms. The zero-order valence-corrected chi connectivity index (χ0v) is 16.8. The number of rotatable bonds is 9. The largest absolute Gasteiger partial charge is 0.494 e. The summed E-state index contributed by atoms with van der Waals surface area (Å²) in [5.41, 5.74) is 2.28. The summed E-state index contributed by atoms with van der Waals surface area (Å²) in [6, 6.07) is 25.9. The fraction of sp³-hybridized carbons (Fsp3) is 0.240. The van der Waals surface area contributed by atoms with Crippen molar-refractivity contribution in [3.05, 3.63) is 84.4 Å². The normalized spacial score (nSPS) is 11.1. The van der Waals surface area contributed by atoms with Crippen LogP contribution in [0.3, 0.4) is 0 Å². The van der Waals surface area contributed by atoms with E-state index in [9.17, 15) is 4.79 Å². The van der Waals surface area contributed by atoms with Crippen LogP contribution in [0.2, 0.25) is 0 Å². The summed E-state index contributed by atoms with van der Waals surface area (Å²) in [6.07, 6.45) is 1.77. The van der Waals surface area contributed by atoms with Crippen molar-refractivity contribution in [2.45, 2.75) is 32.3 Å². The van der Waals surface area contributed by atoms with E-state index in [1.807, 2.05) is 54.6 Å². The molecule has 0 radical (unpaired) electrons. The zero-order valence-electron chi connectivity index (χ0n) is 16.8. The van der Waals surface area contributed by atoms with Crippen molar-refractivity contribution in [2.75, 3.05) is 6.61 Å². The number of aliphatic carboxylic acids is 1. The number of carbonyl (C=O) groups is 1. The van der Waals surface area contributed by atoms with Crippen LogP contribution in [0.15, 0.2) is 78.9 Å². The van der Waals surface area contributed by atoms with Crippen LogP contribution < -0.4 is 9.47 Å². The van der Waals surface area contributed by atoms with Crippen molar-refractivity contribution in [3.63, 3.8) is 0 Å². The molecular weight excluding hydrogens is 364 g/mol. The first-order valence-corrected chi connectivity index (χ1v) is 9.74. The van der Waals surface area contributed by atoms with Gasteiger partial charge in [-0.1, -0.05) is 54.6 Å². The molecule has 0 saturated heterocycles. The quantitative estimate of drug-likeness (QED) is 0.483. The first-order chi connectivity index (χ1) is 13.9. The minimum absolute atomic E-state index is 0.552. The second-order valence-electron chi connectivity index (χ2n) is 7.40. The van der Waals surface area contributed by atoms with Crippen molar-refractivity contribution in [2.24, 2.45) is 0 Å². The molecule has 3 rings (SSSR count). The van der Waals surface area contributed by atoms with Gasteiger partial charge in [-0.25, -0.2) is 4.79 Å². The van der Waals surface area contributed by atoms with Crippen LogP contribution >= 0.6 is 0 Å². The molecule has 0 bridgehead atoms. The fourth-order valence-corrected chi connectivity index (χ4v) is 2.90. The molecule has 0 atom stereocenters. The maximum atomic E-state index is 11.1. The molecule has 0 aliphatic rings. The lowest BCUT2D eigenvalue weighted by Gasteiger charge is -2.21. The van der Waals surface area contributed by atoms with E-state index < -0.39 is 11.6 Å². The van der Waals surface area contributed by atoms with Crippen LogP contribution in [0, 0.1) is 0 Å². The van der Waals surface area contributed by atoms with E-state index >= 15 is 0 Å². The molecule has 0 fully saturated rings. The van der Waals surface area contributed by atoms with Gasteiger partial charge in [0.15, 0.2) is 5.60 Å². The Labute approximate surface area is 171 Å². The number of hydrogen-bond donors (Lipinski definition) is 1. The summed E-state index contributed by atoms with van der Waals surface area (Å²) < 4.78 is 11.4. The Balaban J connectivity index is 1.44. The lowest BCUT2D eigenvalue weighted by Crippen LogP contribution is -2.37. The minimum atomic E-state index is -1.24. The number of aryl methyl sites for hydroxylation is 1. The van der Waals surface area contributed by atoms with E-state index in [1.165, 1.54) is 25.0 Å². The Kier molecular flexibility index (Phi) is 6.55. The fourth-order valence-electron chi connectivity index (χ4n) is 2.90. The third-order valence-electron chi connectivity index (χ3n) is 4.65. The standard InChI is InChI=1S/C25H26O4/c1-25(2,24(26)27)29-23-14-10-19(11-15-23)7-6-18-28-22-16-12-21(13-17-22)20-8-4-3-5-9-20/h3-5,8-17H,6-7,18H2,1-2H3,(H,26,27). The average molecular weight is 390 g/mol. The predicted octanol–water partition coefficient (Wildman–Crippen LogP) is 5.61. The molecule has 29 heavy (non-hydrogen) atoms. The van der Waals surface area contributed by atoms with Gasteiger partial charge in [0, 0.05) is 0 Å². The van der Waals surface area contributed by atoms with Gasteiger partial charge in [-0.3, -0.25) is 0 Å². The first-order valence-electron chi connectivity index (χ1n) is 9.74. The molecule has 0 spiro atoms. The topological polar surface area (TPSA) is 55.8 Å². The average Bonchev–Trinajstić information content (AvgIpc) is 2.73. The Bertz CT molecular complexity index is 913. The van der Waals surface area contributed by atoms with Gasteiger partial charge >= 0.3 is 5.97 Å². The van der Waals surface area contributed by atoms with Gasteiger partial charge < -0.3 is 14.6 Å². The smallest absolute Gasteiger partial charge is 0.347 e. The summed E-state index contributed by atoms with van der Waals surface area (Å²) in [4.78, 5) is 11.1. The molecule has 0 aromatic heterocycles. The van der Waals surface area contributed by atoms with Gasteiger partial charge in [0.25, 0.3) is 0 Å². The van der Waals surface area contributed by atoms with Crippen LogP contribution in [0.1, 0.15) is 25.8 Å². The highest BCUT2D eigenvalue weighted by molar-refractivity contribution is 5.76. The molecule has 0 amide bonds. The van der Waals surface area contributed by atoms with Gasteiger partial charge in [-0.2, -0.15) is 0 Å². The van der Waals surface area contributed by atoms with Crippen molar-refractivity contribution in [1.29, 1.82) is 0 Å². The van der Waals surface area contributed by atoms with Gasteiger partial charge in [-0.15, -0.1) is 0 Å². The highest BCUT2D eigenvalue weighted by Crippen LogP contribution is 2.23. The number of hydrogen-bond acceptors (Lipinski definition) is 3. The number of ether oxygens (including phenoxy) is 2. The van der Waals surface area contributed by atoms with Crippen molar-refractivity contribution >= 4 is 5.97 Å². The van der Waals surface area contributed by atoms with E-state index in [0.29, 0.717) is 12.4 Å². The zero-order chi connectivity index (χ0) is 20.7. The van der Waals surface area contributed by atoms with E-state index in [4.69, 9.17) is 14.6 Å². The second kappa shape index (κ2) is 9.28. The van der Waals surface area contributed by atoms with Gasteiger partial charge in [0.05, 0.1) is 6.61 Å². The van der Waals surface area contributed by atoms with Crippen molar-refractivity contribution < 1.29 is 19.4 Å². The van der Waals surface area contributed by atoms with Crippen LogP contribution in [-0.4, -0.2) is 23.3 Å². The molecule has 0 aliphatic heterocycles. The molecule has 3 aromatic carbocycles. The van der Waals surface area contributed by atoms with Crippen molar-refractivity contribution in [1.82, 2.24) is 0 Å². The monoisotopic (exact) mass is 390 g/mol. The van der Waals surface area contributed by atoms with Crippen molar-refractivity contribution in [3.8, 4) is 22.6 Å². The summed E-state index contributed by atoms with van der Waals surface area (Å²) in [5, 5.41) is 9.13. The second-order valence-corrected chi connectivity index (χ2v) is 7.40. The molecule has 0 aliphatic carbocycles. The maximum Gasteiger partial charge on any atom is 0.347 e. The molecule has 150 valence electrons. The molecular formula is C25H26O4. The lowest BCUT2D eigenvalue weighted by molar-refractivity contribution is -0.152. The molecule has 4 nitrogen and oxygen atoms in total. The SMILES string of the molecule is CC(C)(Oc1ccc(CCCOc2ccc(-c3ccccc3)cc2)cc1)C(=O)O. The Morgan fingerprint density at radius 3 is 2.03 bits per heavy atom. The summed E-state index contributed by atoms with van der Waals surface area (Å²) in [7, 11) is 0. The number of carboxylic acid groups (broad SMARTS) is 1. The van der Waals surface area contributed by atoms with E-state index in [-0.39, 0.29) is 0 Å². The summed E-state index contributed by atoms with van der Waals surface area (Å²) in [6.45, 7) is 3.70. The van der Waals surface area contributed by atoms with Crippen LogP contribution in [0.25, 0.3) is 11.1 Å². The van der Waals surface area contributed by atoms with Gasteiger partial charge in [0.2, 0.25) is 0 Å². The molecule has 1 N–H and O–H groups in total. The number of benzene rings is 3. The highest BCUT2D eigenvalue weighted by Gasteiger charge is 2.29. The third-order valence-corrected chi connectivity index (χ3v) is 4.65. The first kappa shape index (κ1) is 20.5. The highest BCUT2D eigenvalue weighted by atomic mass is 16.5. The predicted molar refractivity (Wildman–Crippen MR) is 114 cm³/mol. The van der Waals surface area contributed by atoms with Crippen LogP contribution in [0.5, 0.6) is 11.5 Å². The van der Waals surface area contributed by atoms with E-state index in [2.05, 4.69) is 24.3 Å². The van der Waals surface area contributed by atoms with E-state index in [1.54, 1.807) is 0 Å². The summed E-state index contributed by atoms with van der Waals surface area (Å²) in [5.74, 6) is 0.427. The Morgan fingerprint density at radius 2 is 1.41 bits per heavy atom. The van der Waals surface area contributed by atoms with Gasteiger partial charge in [-0.05, 0) is 67.6 Å². The molecule has 3 aromatic rings. The number of carboxylic acids is 1. The van der Waals surface area contributed by atoms with E-state index in [0.717, 1.165) is 24.2 Å². The van der Waals surface area contributed by atoms with Crippen LogP contribution in [-0.2, 0) is 11.2 Å². The maximum absolute atomic E-state index is 11.1. The Morgan fingerprint density at radius 1 is 0.828 bits per heavy atom. The Hall–Kier alpha value is -3.27. The van der Waals surface area contributed by atoms with Gasteiger partial charge in [0.1, 0.15) is 11.5 Å². The third kappa shape index (κ3) is 5.85. The molecule has 0 heterocycles. The molecule has 0 unspecified atom stereocenters.